The first-order valence-corrected chi connectivity index (χ1v) is 11.4. The fourth-order valence-corrected chi connectivity index (χ4v) is 3.86. The van der Waals surface area contributed by atoms with Crippen molar-refractivity contribution in [1.29, 1.82) is 0 Å². The maximum atomic E-state index is 11.3. The average Bonchev–Trinajstić information content (AvgIpc) is 2.65. The van der Waals surface area contributed by atoms with Crippen LogP contribution in [0.2, 0.25) is 0 Å². The van der Waals surface area contributed by atoms with Crippen LogP contribution in [0, 0.1) is 0 Å². The molecule has 1 aromatic carbocycles. The van der Waals surface area contributed by atoms with Crippen molar-refractivity contribution in [2.45, 2.75) is 109 Å². The summed E-state index contributed by atoms with van der Waals surface area (Å²) in [6.45, 7) is 2.04. The van der Waals surface area contributed by atoms with Gasteiger partial charge in [-0.05, 0) is 43.7 Å². The van der Waals surface area contributed by atoms with Crippen LogP contribution < -0.4 is 0 Å². The molecule has 1 aromatic rings. The van der Waals surface area contributed by atoms with Gasteiger partial charge in [0, 0.05) is 0 Å². The van der Waals surface area contributed by atoms with Crippen LogP contribution in [0.5, 0.6) is 5.75 Å². The van der Waals surface area contributed by atoms with E-state index < -0.39 is 5.97 Å². The number of unbranched alkanes of at least 4 members (excludes halogenated alkanes) is 8. The number of hydrogen-bond acceptors (Lipinski definition) is 4. The lowest BCUT2D eigenvalue weighted by Crippen LogP contribution is -2.17. The normalized spacial score (nSPS) is 13.3. The second kappa shape index (κ2) is 15.3. The molecule has 0 aliphatic carbocycles. The molecule has 4 N–H and O–H groups in total. The summed E-state index contributed by atoms with van der Waals surface area (Å²) < 4.78 is 0. The summed E-state index contributed by atoms with van der Waals surface area (Å²) in [6.07, 6.45) is 13.1. The number of aromatic carboxylic acids is 1. The van der Waals surface area contributed by atoms with Gasteiger partial charge in [-0.25, -0.2) is 4.79 Å². The quantitative estimate of drug-likeness (QED) is 0.257. The van der Waals surface area contributed by atoms with E-state index >= 15 is 0 Å². The monoisotopic (exact) mass is 408 g/mol. The highest BCUT2D eigenvalue weighted by atomic mass is 16.4. The lowest BCUT2D eigenvalue weighted by molar-refractivity contribution is 0.0683. The Labute approximate surface area is 175 Å². The van der Waals surface area contributed by atoms with Crippen LogP contribution in [0.3, 0.4) is 0 Å². The summed E-state index contributed by atoms with van der Waals surface area (Å²) in [6, 6.07) is 4.90. The maximum absolute atomic E-state index is 11.3. The first-order chi connectivity index (χ1) is 14.0. The Hall–Kier alpha value is -1.59. The highest BCUT2D eigenvalue weighted by Crippen LogP contribution is 2.23. The van der Waals surface area contributed by atoms with Gasteiger partial charge in [0.05, 0.1) is 12.2 Å². The molecule has 5 heteroatoms. The molecular weight excluding hydrogens is 368 g/mol. The van der Waals surface area contributed by atoms with Gasteiger partial charge in [-0.1, -0.05) is 76.8 Å². The SMILES string of the molecule is CCC[C@H](O)C[C@H](O)CCCCCCCCCCCc1cccc(O)c1C(=O)O. The first kappa shape index (κ1) is 25.4. The second-order valence-corrected chi connectivity index (χ2v) is 8.17. The van der Waals surface area contributed by atoms with Crippen LogP contribution >= 0.6 is 0 Å². The van der Waals surface area contributed by atoms with Gasteiger partial charge in [0.25, 0.3) is 0 Å². The van der Waals surface area contributed by atoms with Gasteiger partial charge < -0.3 is 20.4 Å². The van der Waals surface area contributed by atoms with E-state index in [1.807, 2.05) is 6.92 Å². The Morgan fingerprint density at radius 1 is 0.862 bits per heavy atom. The smallest absolute Gasteiger partial charge is 0.339 e. The Kier molecular flexibility index (Phi) is 13.4. The lowest BCUT2D eigenvalue weighted by Gasteiger charge is -2.14. The Balaban J connectivity index is 1.99. The molecule has 0 aliphatic rings. The fraction of sp³-hybridized carbons (Fsp3) is 0.708. The number of carbonyl (C=O) groups is 1. The fourth-order valence-electron chi connectivity index (χ4n) is 3.86. The number of carboxylic acid groups (broad SMARTS) is 1. The maximum Gasteiger partial charge on any atom is 0.339 e. The number of aliphatic hydroxyl groups is 2. The summed E-state index contributed by atoms with van der Waals surface area (Å²) in [5.41, 5.74) is 0.749. The largest absolute Gasteiger partial charge is 0.507 e. The summed E-state index contributed by atoms with van der Waals surface area (Å²) in [5, 5.41) is 38.5. The number of aliphatic hydroxyl groups excluding tert-OH is 2. The average molecular weight is 409 g/mol. The Bertz CT molecular complexity index is 572. The molecular formula is C24H40O5. The summed E-state index contributed by atoms with van der Waals surface area (Å²) in [5.74, 6) is -1.22. The van der Waals surface area contributed by atoms with Gasteiger partial charge in [-0.3, -0.25) is 0 Å². The summed E-state index contributed by atoms with van der Waals surface area (Å²) in [7, 11) is 0. The molecule has 29 heavy (non-hydrogen) atoms. The van der Waals surface area contributed by atoms with E-state index in [4.69, 9.17) is 0 Å². The Morgan fingerprint density at radius 3 is 2.00 bits per heavy atom. The van der Waals surface area contributed by atoms with Crippen LogP contribution in [0.4, 0.5) is 0 Å². The molecule has 0 heterocycles. The number of phenols is 1. The summed E-state index contributed by atoms with van der Waals surface area (Å²) in [4.78, 5) is 11.3. The summed E-state index contributed by atoms with van der Waals surface area (Å²) >= 11 is 0. The van der Waals surface area contributed by atoms with E-state index in [2.05, 4.69) is 0 Å². The first-order valence-electron chi connectivity index (χ1n) is 11.4. The third kappa shape index (κ3) is 11.2. The zero-order valence-electron chi connectivity index (χ0n) is 18.0. The zero-order chi connectivity index (χ0) is 21.5. The Morgan fingerprint density at radius 2 is 1.41 bits per heavy atom. The minimum absolute atomic E-state index is 0.0393. The van der Waals surface area contributed by atoms with Crippen molar-refractivity contribution in [3.05, 3.63) is 29.3 Å². The molecule has 0 fully saturated rings. The van der Waals surface area contributed by atoms with Gasteiger partial charge in [0.15, 0.2) is 0 Å². The molecule has 0 amide bonds. The minimum Gasteiger partial charge on any atom is -0.507 e. The van der Waals surface area contributed by atoms with Crippen LogP contribution in [-0.4, -0.2) is 38.6 Å². The third-order valence-electron chi connectivity index (χ3n) is 5.49. The molecule has 0 spiro atoms. The van der Waals surface area contributed by atoms with Gasteiger partial charge >= 0.3 is 5.97 Å². The number of aromatic hydroxyl groups is 1. The van der Waals surface area contributed by atoms with Crippen molar-refractivity contribution in [3.8, 4) is 5.75 Å². The molecule has 0 aliphatic heterocycles. The topological polar surface area (TPSA) is 98.0 Å². The number of rotatable bonds is 17. The molecule has 166 valence electrons. The molecule has 0 radical (unpaired) electrons. The molecule has 0 saturated heterocycles. The van der Waals surface area contributed by atoms with Gasteiger partial charge in [-0.2, -0.15) is 0 Å². The van der Waals surface area contributed by atoms with Crippen molar-refractivity contribution < 1.29 is 25.2 Å². The molecule has 0 bridgehead atoms. The molecule has 0 saturated carbocycles. The standard InChI is InChI=1S/C24H40O5/c1-2-13-20(25)18-21(26)16-11-9-7-5-3-4-6-8-10-14-19-15-12-17-22(27)23(19)24(28)29/h12,15,17,20-21,25-27H,2-11,13-14,16,18H2,1H3,(H,28,29)/t20-,21+/m0/s1. The lowest BCUT2D eigenvalue weighted by atomic mass is 9.99. The van der Waals surface area contributed by atoms with Gasteiger partial charge in [0.2, 0.25) is 0 Å². The molecule has 1 rings (SSSR count). The van der Waals surface area contributed by atoms with E-state index in [0.29, 0.717) is 18.4 Å². The van der Waals surface area contributed by atoms with Crippen molar-refractivity contribution >= 4 is 5.97 Å². The zero-order valence-corrected chi connectivity index (χ0v) is 18.0. The van der Waals surface area contributed by atoms with E-state index in [-0.39, 0.29) is 23.5 Å². The minimum atomic E-state index is -1.07. The van der Waals surface area contributed by atoms with E-state index in [1.54, 1.807) is 12.1 Å². The van der Waals surface area contributed by atoms with E-state index in [1.165, 1.54) is 31.7 Å². The second-order valence-electron chi connectivity index (χ2n) is 8.17. The van der Waals surface area contributed by atoms with Crippen molar-refractivity contribution in [2.75, 3.05) is 0 Å². The van der Waals surface area contributed by atoms with Crippen LogP contribution in [0.25, 0.3) is 0 Å². The van der Waals surface area contributed by atoms with Crippen LogP contribution in [0.15, 0.2) is 18.2 Å². The number of carboxylic acids is 1. The van der Waals surface area contributed by atoms with Crippen LogP contribution in [0.1, 0.15) is 106 Å². The predicted molar refractivity (Wildman–Crippen MR) is 116 cm³/mol. The number of hydrogen-bond donors (Lipinski definition) is 4. The van der Waals surface area contributed by atoms with Crippen molar-refractivity contribution in [2.24, 2.45) is 0 Å². The number of aryl methyl sites for hydroxylation is 1. The molecule has 5 nitrogen and oxygen atoms in total. The van der Waals surface area contributed by atoms with Crippen molar-refractivity contribution in [3.63, 3.8) is 0 Å². The highest BCUT2D eigenvalue weighted by molar-refractivity contribution is 5.92. The molecule has 2 atom stereocenters. The molecule has 0 unspecified atom stereocenters. The predicted octanol–water partition coefficient (Wildman–Crippen LogP) is 5.45. The van der Waals surface area contributed by atoms with E-state index in [9.17, 15) is 25.2 Å². The molecule has 0 aromatic heterocycles. The van der Waals surface area contributed by atoms with Crippen molar-refractivity contribution in [1.82, 2.24) is 0 Å². The third-order valence-corrected chi connectivity index (χ3v) is 5.49. The van der Waals surface area contributed by atoms with Gasteiger partial charge in [-0.15, -0.1) is 0 Å². The van der Waals surface area contributed by atoms with Crippen LogP contribution in [-0.2, 0) is 6.42 Å². The van der Waals surface area contributed by atoms with E-state index in [0.717, 1.165) is 51.4 Å². The highest BCUT2D eigenvalue weighted by Gasteiger charge is 2.14. The number of benzene rings is 1. The van der Waals surface area contributed by atoms with Gasteiger partial charge in [0.1, 0.15) is 11.3 Å².